The van der Waals surface area contributed by atoms with Gasteiger partial charge in [0.15, 0.2) is 0 Å². The molecule has 13 heavy (non-hydrogen) atoms. The summed E-state index contributed by atoms with van der Waals surface area (Å²) in [6.45, 7) is 2.07. The van der Waals surface area contributed by atoms with Crippen molar-refractivity contribution in [2.45, 2.75) is 12.8 Å². The predicted molar refractivity (Wildman–Crippen MR) is 46.5 cm³/mol. The van der Waals surface area contributed by atoms with Crippen LogP contribution in [-0.2, 0) is 9.59 Å². The molecular weight excluding hydrogens is 170 g/mol. The average Bonchev–Trinajstić information content (AvgIpc) is 2.48. The van der Waals surface area contributed by atoms with Gasteiger partial charge in [0, 0.05) is 19.5 Å². The lowest BCUT2D eigenvalue weighted by Crippen LogP contribution is -2.22. The van der Waals surface area contributed by atoms with Gasteiger partial charge in [0.25, 0.3) is 0 Å². The lowest BCUT2D eigenvalue weighted by molar-refractivity contribution is -0.118. The van der Waals surface area contributed by atoms with Crippen molar-refractivity contribution in [2.75, 3.05) is 19.8 Å². The second-order valence-corrected chi connectivity index (χ2v) is 3.29. The maximum absolute atomic E-state index is 10.6. The molecule has 1 fully saturated rings. The second-order valence-electron chi connectivity index (χ2n) is 3.29. The Morgan fingerprint density at radius 3 is 3.08 bits per heavy atom. The molecule has 0 radical (unpaired) electrons. The summed E-state index contributed by atoms with van der Waals surface area (Å²) < 4.78 is 0. The molecule has 1 aliphatic heterocycles. The number of nitrogens with two attached hydrogens (primary N) is 1. The highest BCUT2D eigenvalue weighted by Gasteiger charge is 2.23. The SMILES string of the molecule is NC(=O)CC1CCN(CN=C=O)C1. The Hall–Kier alpha value is -1.19. The summed E-state index contributed by atoms with van der Waals surface area (Å²) in [4.78, 5) is 25.9. The van der Waals surface area contributed by atoms with E-state index in [0.717, 1.165) is 19.5 Å². The first-order valence-electron chi connectivity index (χ1n) is 4.26. The standard InChI is InChI=1S/C8H13N3O2/c9-8(13)3-7-1-2-11(4-7)5-10-6-12/h7H,1-5H2,(H2,9,13). The molecule has 0 saturated carbocycles. The predicted octanol–water partition coefficient (Wildman–Crippen LogP) is -0.523. The van der Waals surface area contributed by atoms with Gasteiger partial charge in [-0.15, -0.1) is 0 Å². The molecule has 0 aromatic carbocycles. The Bertz CT molecular complexity index is 226. The van der Waals surface area contributed by atoms with Crippen molar-refractivity contribution in [3.05, 3.63) is 0 Å². The van der Waals surface area contributed by atoms with Gasteiger partial charge in [-0.3, -0.25) is 9.69 Å². The molecule has 1 amide bonds. The van der Waals surface area contributed by atoms with Crippen molar-refractivity contribution in [3.63, 3.8) is 0 Å². The average molecular weight is 183 g/mol. The van der Waals surface area contributed by atoms with Crippen LogP contribution in [0, 0.1) is 5.92 Å². The third-order valence-corrected chi connectivity index (χ3v) is 2.20. The van der Waals surface area contributed by atoms with E-state index >= 15 is 0 Å². The summed E-state index contributed by atoms with van der Waals surface area (Å²) in [6, 6.07) is 0. The van der Waals surface area contributed by atoms with Crippen molar-refractivity contribution in [1.29, 1.82) is 0 Å². The lowest BCUT2D eigenvalue weighted by atomic mass is 10.1. The number of nitrogens with zero attached hydrogens (tertiary/aromatic N) is 2. The molecule has 1 saturated heterocycles. The first kappa shape index (κ1) is 9.89. The van der Waals surface area contributed by atoms with Crippen LogP contribution >= 0.6 is 0 Å². The number of primary amides is 1. The number of carbonyl (C=O) groups excluding carboxylic acids is 2. The van der Waals surface area contributed by atoms with Crippen molar-refractivity contribution >= 4 is 12.0 Å². The van der Waals surface area contributed by atoms with Crippen LogP contribution < -0.4 is 5.73 Å². The maximum Gasteiger partial charge on any atom is 0.236 e. The van der Waals surface area contributed by atoms with Gasteiger partial charge in [-0.05, 0) is 12.3 Å². The topological polar surface area (TPSA) is 75.8 Å². The number of hydrogen-bond acceptors (Lipinski definition) is 4. The number of rotatable bonds is 4. The van der Waals surface area contributed by atoms with E-state index < -0.39 is 0 Å². The molecule has 0 aromatic rings. The minimum absolute atomic E-state index is 0.259. The first-order chi connectivity index (χ1) is 6.22. The molecule has 1 unspecified atom stereocenters. The van der Waals surface area contributed by atoms with Gasteiger partial charge in [-0.2, -0.15) is 4.99 Å². The van der Waals surface area contributed by atoms with Crippen molar-refractivity contribution in [1.82, 2.24) is 4.90 Å². The number of amides is 1. The second kappa shape index (κ2) is 4.74. The summed E-state index contributed by atoms with van der Waals surface area (Å²) in [5.74, 6) is 0.0742. The fourth-order valence-corrected chi connectivity index (χ4v) is 1.62. The molecule has 0 spiro atoms. The van der Waals surface area contributed by atoms with Crippen LogP contribution in [0.4, 0.5) is 0 Å². The van der Waals surface area contributed by atoms with E-state index in [1.165, 1.54) is 6.08 Å². The molecule has 1 heterocycles. The van der Waals surface area contributed by atoms with Gasteiger partial charge in [0.05, 0.1) is 0 Å². The summed E-state index contributed by atoms with van der Waals surface area (Å²) >= 11 is 0. The van der Waals surface area contributed by atoms with E-state index in [4.69, 9.17) is 5.73 Å². The third kappa shape index (κ3) is 3.36. The molecular formula is C8H13N3O2. The van der Waals surface area contributed by atoms with Crippen LogP contribution in [-0.4, -0.2) is 36.6 Å². The number of carbonyl (C=O) groups is 1. The molecule has 1 aliphatic rings. The van der Waals surface area contributed by atoms with Gasteiger partial charge in [-0.25, -0.2) is 4.79 Å². The number of isocyanates is 1. The lowest BCUT2D eigenvalue weighted by Gasteiger charge is -2.10. The number of aliphatic imine (C=N–C) groups is 1. The fraction of sp³-hybridized carbons (Fsp3) is 0.750. The molecule has 0 bridgehead atoms. The van der Waals surface area contributed by atoms with Crippen LogP contribution in [0.5, 0.6) is 0 Å². The molecule has 0 aliphatic carbocycles. The van der Waals surface area contributed by atoms with E-state index in [2.05, 4.69) is 4.99 Å². The summed E-state index contributed by atoms with van der Waals surface area (Å²) in [5, 5.41) is 0. The van der Waals surface area contributed by atoms with E-state index in [1.807, 2.05) is 4.90 Å². The minimum Gasteiger partial charge on any atom is -0.370 e. The van der Waals surface area contributed by atoms with Gasteiger partial charge in [0.1, 0.15) is 6.67 Å². The fourth-order valence-electron chi connectivity index (χ4n) is 1.62. The highest BCUT2D eigenvalue weighted by Crippen LogP contribution is 2.18. The van der Waals surface area contributed by atoms with Crippen LogP contribution in [0.3, 0.4) is 0 Å². The monoisotopic (exact) mass is 183 g/mol. The highest BCUT2D eigenvalue weighted by molar-refractivity contribution is 5.74. The normalized spacial score (nSPS) is 22.6. The van der Waals surface area contributed by atoms with Crippen LogP contribution in [0.15, 0.2) is 4.99 Å². The van der Waals surface area contributed by atoms with Gasteiger partial charge in [-0.1, -0.05) is 0 Å². The molecule has 5 heteroatoms. The Kier molecular flexibility index (Phi) is 3.61. The largest absolute Gasteiger partial charge is 0.370 e. The Morgan fingerprint density at radius 1 is 1.69 bits per heavy atom. The van der Waals surface area contributed by atoms with E-state index in [0.29, 0.717) is 19.0 Å². The summed E-state index contributed by atoms with van der Waals surface area (Å²) in [6.07, 6.45) is 2.88. The molecule has 0 aromatic heterocycles. The Balaban J connectivity index is 2.27. The molecule has 1 rings (SSSR count). The molecule has 2 N–H and O–H groups in total. The molecule has 72 valence electrons. The van der Waals surface area contributed by atoms with Gasteiger partial charge < -0.3 is 5.73 Å². The molecule has 1 atom stereocenters. The van der Waals surface area contributed by atoms with Crippen LogP contribution in [0.25, 0.3) is 0 Å². The molecule has 5 nitrogen and oxygen atoms in total. The first-order valence-corrected chi connectivity index (χ1v) is 4.26. The van der Waals surface area contributed by atoms with Crippen LogP contribution in [0.1, 0.15) is 12.8 Å². The Labute approximate surface area is 76.6 Å². The van der Waals surface area contributed by atoms with Crippen molar-refractivity contribution in [3.8, 4) is 0 Å². The summed E-state index contributed by atoms with van der Waals surface area (Å²) in [5.41, 5.74) is 5.07. The number of hydrogen-bond donors (Lipinski definition) is 1. The zero-order chi connectivity index (χ0) is 9.68. The third-order valence-electron chi connectivity index (χ3n) is 2.20. The maximum atomic E-state index is 10.6. The highest BCUT2D eigenvalue weighted by atomic mass is 16.1. The smallest absolute Gasteiger partial charge is 0.236 e. The Morgan fingerprint density at radius 2 is 2.46 bits per heavy atom. The van der Waals surface area contributed by atoms with E-state index in [9.17, 15) is 9.59 Å². The van der Waals surface area contributed by atoms with E-state index in [1.54, 1.807) is 0 Å². The van der Waals surface area contributed by atoms with Gasteiger partial charge in [0.2, 0.25) is 12.0 Å². The van der Waals surface area contributed by atoms with Gasteiger partial charge >= 0.3 is 0 Å². The zero-order valence-electron chi connectivity index (χ0n) is 7.40. The summed E-state index contributed by atoms with van der Waals surface area (Å²) in [7, 11) is 0. The zero-order valence-corrected chi connectivity index (χ0v) is 7.40. The minimum atomic E-state index is -0.259. The van der Waals surface area contributed by atoms with Crippen molar-refractivity contribution < 1.29 is 9.59 Å². The van der Waals surface area contributed by atoms with E-state index in [-0.39, 0.29) is 5.91 Å². The van der Waals surface area contributed by atoms with Crippen LogP contribution in [0.2, 0.25) is 0 Å². The quantitative estimate of drug-likeness (QED) is 0.470. The van der Waals surface area contributed by atoms with Crippen molar-refractivity contribution in [2.24, 2.45) is 16.6 Å². The number of likely N-dealkylation sites (tertiary alicyclic amines) is 1.